The third-order valence-corrected chi connectivity index (χ3v) is 5.02. The lowest BCUT2D eigenvalue weighted by molar-refractivity contribution is -0.136. The molecule has 0 spiro atoms. The van der Waals surface area contributed by atoms with E-state index in [-0.39, 0.29) is 9.18 Å². The Balaban J connectivity index is 3.11. The molecule has 0 aromatic carbocycles. The second-order valence-corrected chi connectivity index (χ2v) is 6.48. The van der Waals surface area contributed by atoms with E-state index in [4.69, 9.17) is 10.2 Å². The molecular weight excluding hydrogens is 323 g/mol. The summed E-state index contributed by atoms with van der Waals surface area (Å²) in [5, 5.41) is 18.3. The molecule has 0 bridgehead atoms. The first kappa shape index (κ1) is 16.9. The Morgan fingerprint density at radius 1 is 1.40 bits per heavy atom. The van der Waals surface area contributed by atoms with Crippen LogP contribution in [-0.4, -0.2) is 54.8 Å². The first-order valence-electron chi connectivity index (χ1n) is 5.07. The Morgan fingerprint density at radius 3 is 2.40 bits per heavy atom. The lowest BCUT2D eigenvalue weighted by atomic mass is 10.5. The van der Waals surface area contributed by atoms with Crippen molar-refractivity contribution in [2.24, 2.45) is 0 Å². The number of alkyl halides is 3. The number of nitrogens with zero attached hydrogens (tertiary/aromatic N) is 1. The summed E-state index contributed by atoms with van der Waals surface area (Å²) in [4.78, 5) is 9.80. The van der Waals surface area contributed by atoms with Crippen molar-refractivity contribution in [2.75, 3.05) is 19.7 Å². The average Bonchev–Trinajstić information content (AvgIpc) is 2.76. The van der Waals surface area contributed by atoms with Crippen molar-refractivity contribution >= 4 is 27.3 Å². The number of carboxylic acid groups (broad SMARTS) is 1. The smallest absolute Gasteiger partial charge is 0.402 e. The Labute approximate surface area is 116 Å². The predicted octanol–water partition coefficient (Wildman–Crippen LogP) is 0.992. The van der Waals surface area contributed by atoms with Gasteiger partial charge in [0.25, 0.3) is 0 Å². The van der Waals surface area contributed by atoms with Crippen LogP contribution in [-0.2, 0) is 10.0 Å². The van der Waals surface area contributed by atoms with Crippen molar-refractivity contribution in [1.82, 2.24) is 4.31 Å². The molecule has 2 N–H and O–H groups in total. The van der Waals surface area contributed by atoms with Gasteiger partial charge in [-0.15, -0.1) is 11.3 Å². The topological polar surface area (TPSA) is 94.9 Å². The van der Waals surface area contributed by atoms with Crippen molar-refractivity contribution in [3.63, 3.8) is 0 Å². The van der Waals surface area contributed by atoms with E-state index in [1.165, 1.54) is 0 Å². The molecule has 0 saturated carbocycles. The van der Waals surface area contributed by atoms with Crippen LogP contribution in [0.25, 0.3) is 0 Å². The van der Waals surface area contributed by atoms with Crippen LogP contribution < -0.4 is 0 Å². The maximum Gasteiger partial charge on any atom is 0.402 e. The fourth-order valence-corrected chi connectivity index (χ4v) is 3.83. The monoisotopic (exact) mass is 333 g/mol. The molecule has 1 aromatic heterocycles. The fourth-order valence-electron chi connectivity index (χ4n) is 1.31. The molecule has 20 heavy (non-hydrogen) atoms. The molecule has 0 unspecified atom stereocenters. The lowest BCUT2D eigenvalue weighted by Crippen LogP contribution is -2.40. The SMILES string of the molecule is O=C(O)c1cc(S(=O)(=O)N(CCO)CC(F)(F)F)cs1. The molecule has 0 aliphatic carbocycles. The van der Waals surface area contributed by atoms with E-state index in [9.17, 15) is 26.4 Å². The van der Waals surface area contributed by atoms with E-state index < -0.39 is 46.8 Å². The largest absolute Gasteiger partial charge is 0.477 e. The highest BCUT2D eigenvalue weighted by Gasteiger charge is 2.37. The predicted molar refractivity (Wildman–Crippen MR) is 63.2 cm³/mol. The molecular formula is C9H10F3NO5S2. The summed E-state index contributed by atoms with van der Waals surface area (Å²) >= 11 is 0.589. The Morgan fingerprint density at radius 2 is 2.00 bits per heavy atom. The Kier molecular flexibility index (Phi) is 5.13. The molecule has 0 amide bonds. The molecule has 0 atom stereocenters. The minimum absolute atomic E-state index is 0.0562. The molecule has 0 aliphatic rings. The maximum absolute atomic E-state index is 12.3. The van der Waals surface area contributed by atoms with Crippen LogP contribution in [0.3, 0.4) is 0 Å². The second-order valence-electron chi connectivity index (χ2n) is 3.63. The van der Waals surface area contributed by atoms with Crippen molar-refractivity contribution in [1.29, 1.82) is 0 Å². The zero-order valence-electron chi connectivity index (χ0n) is 9.79. The number of hydrogen-bond donors (Lipinski definition) is 2. The van der Waals surface area contributed by atoms with Crippen LogP contribution >= 0.6 is 11.3 Å². The number of aromatic carboxylic acids is 1. The highest BCUT2D eigenvalue weighted by atomic mass is 32.2. The summed E-state index contributed by atoms with van der Waals surface area (Å²) in [7, 11) is -4.51. The van der Waals surface area contributed by atoms with Gasteiger partial charge in [-0.1, -0.05) is 0 Å². The standard InChI is InChI=1S/C9H10F3NO5S2/c10-9(11,12)5-13(1-2-14)20(17,18)6-3-7(8(15)16)19-4-6/h3-4,14H,1-2,5H2,(H,15,16). The van der Waals surface area contributed by atoms with Crippen LogP contribution in [0.1, 0.15) is 9.67 Å². The van der Waals surface area contributed by atoms with Crippen LogP contribution in [0.4, 0.5) is 13.2 Å². The van der Waals surface area contributed by atoms with E-state index in [2.05, 4.69) is 0 Å². The zero-order valence-corrected chi connectivity index (χ0v) is 11.4. The quantitative estimate of drug-likeness (QED) is 0.809. The van der Waals surface area contributed by atoms with Crippen molar-refractivity contribution < 1.29 is 36.6 Å². The third-order valence-electron chi connectivity index (χ3n) is 2.13. The van der Waals surface area contributed by atoms with E-state index in [0.717, 1.165) is 11.4 Å². The maximum atomic E-state index is 12.3. The van der Waals surface area contributed by atoms with E-state index >= 15 is 0 Å². The van der Waals surface area contributed by atoms with E-state index in [1.54, 1.807) is 0 Å². The van der Waals surface area contributed by atoms with Gasteiger partial charge in [-0.2, -0.15) is 17.5 Å². The molecule has 11 heteroatoms. The van der Waals surface area contributed by atoms with E-state index in [1.807, 2.05) is 0 Å². The normalized spacial score (nSPS) is 12.8. The molecule has 1 aromatic rings. The molecule has 0 radical (unpaired) electrons. The molecule has 0 saturated heterocycles. The average molecular weight is 333 g/mol. The first-order valence-corrected chi connectivity index (χ1v) is 7.39. The fraction of sp³-hybridized carbons (Fsp3) is 0.444. The summed E-state index contributed by atoms with van der Waals surface area (Å²) in [5.41, 5.74) is 0. The third kappa shape index (κ3) is 4.16. The highest BCUT2D eigenvalue weighted by Crippen LogP contribution is 2.25. The van der Waals surface area contributed by atoms with Gasteiger partial charge in [-0.3, -0.25) is 0 Å². The van der Waals surface area contributed by atoms with Gasteiger partial charge in [0, 0.05) is 11.9 Å². The Bertz CT molecular complexity index is 581. The van der Waals surface area contributed by atoms with Gasteiger partial charge in [-0.05, 0) is 6.07 Å². The van der Waals surface area contributed by atoms with Crippen LogP contribution in [0.5, 0.6) is 0 Å². The number of sulfonamides is 1. The van der Waals surface area contributed by atoms with Gasteiger partial charge in [0.05, 0.1) is 11.5 Å². The minimum atomic E-state index is -4.77. The molecule has 0 fully saturated rings. The molecule has 1 rings (SSSR count). The van der Waals surface area contributed by atoms with Gasteiger partial charge >= 0.3 is 12.1 Å². The first-order chi connectivity index (χ1) is 9.08. The lowest BCUT2D eigenvalue weighted by Gasteiger charge is -2.21. The van der Waals surface area contributed by atoms with Crippen molar-refractivity contribution in [2.45, 2.75) is 11.1 Å². The second kappa shape index (κ2) is 6.08. The highest BCUT2D eigenvalue weighted by molar-refractivity contribution is 7.89. The number of aliphatic hydroxyl groups is 1. The molecule has 6 nitrogen and oxygen atoms in total. The number of halogens is 3. The van der Waals surface area contributed by atoms with Gasteiger partial charge in [-0.25, -0.2) is 13.2 Å². The molecule has 114 valence electrons. The summed E-state index contributed by atoms with van der Waals surface area (Å²) in [6.45, 7) is -3.28. The number of thiophene rings is 1. The van der Waals surface area contributed by atoms with Crippen LogP contribution in [0.15, 0.2) is 16.3 Å². The van der Waals surface area contributed by atoms with Gasteiger partial charge in [0.1, 0.15) is 11.4 Å². The number of rotatable bonds is 6. The van der Waals surface area contributed by atoms with E-state index in [0.29, 0.717) is 11.3 Å². The summed E-state index contributed by atoms with van der Waals surface area (Å²) in [6.07, 6.45) is -4.77. The Hall–Kier alpha value is -1.17. The summed E-state index contributed by atoms with van der Waals surface area (Å²) in [5.74, 6) is -1.37. The summed E-state index contributed by atoms with van der Waals surface area (Å²) < 4.78 is 61.0. The minimum Gasteiger partial charge on any atom is -0.477 e. The molecule has 1 heterocycles. The number of carbonyl (C=O) groups is 1. The van der Waals surface area contributed by atoms with Crippen LogP contribution in [0, 0.1) is 0 Å². The van der Waals surface area contributed by atoms with Crippen LogP contribution in [0.2, 0.25) is 0 Å². The van der Waals surface area contributed by atoms with Gasteiger partial charge < -0.3 is 10.2 Å². The number of aliphatic hydroxyl groups excluding tert-OH is 1. The number of hydrogen-bond acceptors (Lipinski definition) is 5. The van der Waals surface area contributed by atoms with Crippen molar-refractivity contribution in [3.05, 3.63) is 16.3 Å². The zero-order chi connectivity index (χ0) is 15.6. The number of carboxylic acids is 1. The summed E-state index contributed by atoms with van der Waals surface area (Å²) in [6, 6.07) is 0.781. The van der Waals surface area contributed by atoms with Crippen molar-refractivity contribution in [3.8, 4) is 0 Å². The van der Waals surface area contributed by atoms with Gasteiger partial charge in [0.15, 0.2) is 0 Å². The van der Waals surface area contributed by atoms with Gasteiger partial charge in [0.2, 0.25) is 10.0 Å². The molecule has 0 aliphatic heterocycles.